The first-order valence-corrected chi connectivity index (χ1v) is 43.1. The zero-order chi connectivity index (χ0) is 67.0. The molecule has 3 N–H and O–H groups in total. The van der Waals surface area contributed by atoms with Crippen molar-refractivity contribution in [3.05, 3.63) is 24.3 Å². The lowest BCUT2D eigenvalue weighted by Crippen LogP contribution is -2.45. The Hall–Kier alpha value is -1.66. The van der Waals surface area contributed by atoms with Crippen LogP contribution in [0, 0.1) is 0 Å². The molecule has 0 aliphatic carbocycles. The molecule has 0 aromatic carbocycles. The van der Waals surface area contributed by atoms with Gasteiger partial charge in [-0.2, -0.15) is 0 Å². The Kier molecular flexibility index (Phi) is 81.3. The lowest BCUT2D eigenvalue weighted by molar-refractivity contribution is -0.143. The molecule has 0 aliphatic heterocycles. The molecule has 2 atom stereocenters. The SMILES string of the molecule is CCCCCCCCCCCCCCCCCCCCCCCCC/C=C/C(O)C(CO)NC(=O)CCCCCCCCCCCCCCCCCCC/C=C\CCCCCCCCCCCCCCCCCCCCOC(=O)CCCCCCCCCCCCCC. The highest BCUT2D eigenvalue weighted by Gasteiger charge is 2.18. The highest BCUT2D eigenvalue weighted by atomic mass is 16.5. The minimum Gasteiger partial charge on any atom is -0.466 e. The van der Waals surface area contributed by atoms with Crippen LogP contribution in [0.3, 0.4) is 0 Å². The summed E-state index contributed by atoms with van der Waals surface area (Å²) in [5.41, 5.74) is 0. The molecule has 0 saturated carbocycles. The second kappa shape index (κ2) is 82.8. The van der Waals surface area contributed by atoms with Gasteiger partial charge in [-0.1, -0.05) is 449 Å². The number of ether oxygens (including phenoxy) is 1. The van der Waals surface area contributed by atoms with Crippen LogP contribution in [0.1, 0.15) is 495 Å². The smallest absolute Gasteiger partial charge is 0.305 e. The summed E-state index contributed by atoms with van der Waals surface area (Å²) in [7, 11) is 0. The van der Waals surface area contributed by atoms with Crippen molar-refractivity contribution in [2.24, 2.45) is 0 Å². The van der Waals surface area contributed by atoms with Crippen molar-refractivity contribution in [2.45, 2.75) is 508 Å². The number of aliphatic hydroxyl groups excluding tert-OH is 2. The summed E-state index contributed by atoms with van der Waals surface area (Å²) in [6.07, 6.45) is 108. The maximum absolute atomic E-state index is 12.6. The number of nitrogens with one attached hydrogen (secondary N) is 1. The van der Waals surface area contributed by atoms with E-state index >= 15 is 0 Å². The lowest BCUT2D eigenvalue weighted by atomic mass is 10.0. The Balaban J connectivity index is 3.35. The van der Waals surface area contributed by atoms with Crippen LogP contribution in [0.15, 0.2) is 24.3 Å². The molecule has 1 amide bonds. The van der Waals surface area contributed by atoms with Crippen LogP contribution in [0.2, 0.25) is 0 Å². The number of hydrogen-bond donors (Lipinski definition) is 3. The molecule has 0 bridgehead atoms. The molecule has 0 aliphatic rings. The van der Waals surface area contributed by atoms with E-state index in [1.807, 2.05) is 6.08 Å². The Bertz CT molecular complexity index is 1460. The Morgan fingerprint density at radius 1 is 0.290 bits per heavy atom. The highest BCUT2D eigenvalue weighted by Crippen LogP contribution is 2.21. The highest BCUT2D eigenvalue weighted by molar-refractivity contribution is 5.76. The molecule has 552 valence electrons. The fraction of sp³-hybridized carbons (Fsp3) is 0.931. The van der Waals surface area contributed by atoms with Gasteiger partial charge in [0.1, 0.15) is 0 Å². The van der Waals surface area contributed by atoms with Gasteiger partial charge >= 0.3 is 5.97 Å². The van der Waals surface area contributed by atoms with Crippen molar-refractivity contribution in [1.82, 2.24) is 5.32 Å². The summed E-state index contributed by atoms with van der Waals surface area (Å²) in [4.78, 5) is 24.6. The van der Waals surface area contributed by atoms with E-state index in [9.17, 15) is 19.8 Å². The van der Waals surface area contributed by atoms with E-state index in [0.717, 1.165) is 38.5 Å². The van der Waals surface area contributed by atoms with Gasteiger partial charge < -0.3 is 20.3 Å². The van der Waals surface area contributed by atoms with E-state index in [0.29, 0.717) is 19.4 Å². The quantitative estimate of drug-likeness (QED) is 0.0320. The first-order chi connectivity index (χ1) is 46.0. The van der Waals surface area contributed by atoms with Gasteiger partial charge in [0.15, 0.2) is 0 Å². The van der Waals surface area contributed by atoms with Gasteiger partial charge in [-0.3, -0.25) is 9.59 Å². The van der Waals surface area contributed by atoms with Gasteiger partial charge in [-0.15, -0.1) is 0 Å². The maximum Gasteiger partial charge on any atom is 0.305 e. The molecule has 0 radical (unpaired) electrons. The number of carbonyl (C=O) groups is 2. The number of esters is 1. The standard InChI is InChI=1S/C87H169NO5/c1-3-5-7-9-11-13-15-17-18-19-20-21-22-38-41-44-47-50-53-56-59-63-67-71-75-79-85(90)84(83-89)88-86(91)80-76-72-68-64-60-57-54-51-48-45-42-39-36-34-32-30-28-26-24-23-25-27-29-31-33-35-37-40-43-46-49-52-55-58-62-66-70-74-78-82-93-87(92)81-77-73-69-65-61-16-14-12-10-8-6-4-2/h23-24,75,79,84-85,89-90H,3-22,25-74,76-78,80-83H2,1-2H3,(H,88,91)/b24-23-,79-75+. The molecule has 0 spiro atoms. The second-order valence-electron chi connectivity index (χ2n) is 29.9. The molecule has 6 heteroatoms. The maximum atomic E-state index is 12.6. The van der Waals surface area contributed by atoms with Gasteiger partial charge in [0.25, 0.3) is 0 Å². The number of aliphatic hydroxyl groups is 2. The van der Waals surface area contributed by atoms with E-state index in [1.165, 1.54) is 430 Å². The predicted molar refractivity (Wildman–Crippen MR) is 412 cm³/mol. The van der Waals surface area contributed by atoms with E-state index in [1.54, 1.807) is 6.08 Å². The fourth-order valence-electron chi connectivity index (χ4n) is 13.9. The number of hydrogen-bond acceptors (Lipinski definition) is 5. The summed E-state index contributed by atoms with van der Waals surface area (Å²) in [6.45, 7) is 4.96. The second-order valence-corrected chi connectivity index (χ2v) is 29.9. The predicted octanol–water partition coefficient (Wildman–Crippen LogP) is 28.8. The van der Waals surface area contributed by atoms with E-state index in [-0.39, 0.29) is 18.5 Å². The summed E-state index contributed by atoms with van der Waals surface area (Å²) in [5.74, 6) is -0.0336. The third-order valence-electron chi connectivity index (χ3n) is 20.5. The summed E-state index contributed by atoms with van der Waals surface area (Å²) in [5, 5.41) is 23.3. The van der Waals surface area contributed by atoms with Gasteiger partial charge in [0, 0.05) is 12.8 Å². The van der Waals surface area contributed by atoms with Gasteiger partial charge in [0.05, 0.1) is 25.4 Å². The minimum atomic E-state index is -0.843. The van der Waals surface area contributed by atoms with Crippen LogP contribution >= 0.6 is 0 Å². The van der Waals surface area contributed by atoms with Crippen molar-refractivity contribution in [3.63, 3.8) is 0 Å². The fourth-order valence-corrected chi connectivity index (χ4v) is 13.9. The van der Waals surface area contributed by atoms with Crippen molar-refractivity contribution in [2.75, 3.05) is 13.2 Å². The molecule has 2 unspecified atom stereocenters. The topological polar surface area (TPSA) is 95.9 Å². The molecule has 0 heterocycles. The van der Waals surface area contributed by atoms with Crippen LogP contribution in [0.25, 0.3) is 0 Å². The van der Waals surface area contributed by atoms with E-state index in [4.69, 9.17) is 4.74 Å². The number of unbranched alkanes of at least 4 members (excludes halogenated alkanes) is 69. The molecule has 0 aromatic heterocycles. The third kappa shape index (κ3) is 79.2. The Morgan fingerprint density at radius 3 is 0.763 bits per heavy atom. The third-order valence-corrected chi connectivity index (χ3v) is 20.5. The first kappa shape index (κ1) is 91.3. The molecule has 0 saturated heterocycles. The van der Waals surface area contributed by atoms with Crippen molar-refractivity contribution >= 4 is 11.9 Å². The number of carbonyl (C=O) groups excluding carboxylic acids is 2. The molecule has 93 heavy (non-hydrogen) atoms. The van der Waals surface area contributed by atoms with E-state index in [2.05, 4.69) is 31.3 Å². The van der Waals surface area contributed by atoms with Gasteiger partial charge in [0.2, 0.25) is 5.91 Å². The first-order valence-electron chi connectivity index (χ1n) is 43.1. The lowest BCUT2D eigenvalue weighted by Gasteiger charge is -2.20. The minimum absolute atomic E-state index is 0.0240. The zero-order valence-electron chi connectivity index (χ0n) is 63.5. The van der Waals surface area contributed by atoms with Crippen LogP contribution in [-0.4, -0.2) is 47.4 Å². The summed E-state index contributed by atoms with van der Waals surface area (Å²) >= 11 is 0. The molecule has 0 rings (SSSR count). The van der Waals surface area contributed by atoms with Crippen LogP contribution in [0.5, 0.6) is 0 Å². The van der Waals surface area contributed by atoms with Gasteiger partial charge in [-0.05, 0) is 57.8 Å². The van der Waals surface area contributed by atoms with E-state index < -0.39 is 12.1 Å². The van der Waals surface area contributed by atoms with Crippen molar-refractivity contribution in [3.8, 4) is 0 Å². The normalized spacial score (nSPS) is 12.5. The van der Waals surface area contributed by atoms with Crippen LogP contribution < -0.4 is 5.32 Å². The van der Waals surface area contributed by atoms with Gasteiger partial charge in [-0.25, -0.2) is 0 Å². The molecule has 0 aromatic rings. The Morgan fingerprint density at radius 2 is 0.505 bits per heavy atom. The van der Waals surface area contributed by atoms with Crippen LogP contribution in [-0.2, 0) is 14.3 Å². The molecule has 0 fully saturated rings. The molecular weight excluding hydrogens is 1140 g/mol. The Labute approximate surface area is 583 Å². The number of rotatable bonds is 82. The summed E-state index contributed by atoms with van der Waals surface area (Å²) < 4.78 is 5.49. The van der Waals surface area contributed by atoms with Crippen molar-refractivity contribution in [1.29, 1.82) is 0 Å². The molecule has 6 nitrogen and oxygen atoms in total. The summed E-state index contributed by atoms with van der Waals surface area (Å²) in [6, 6.07) is -0.626. The number of amides is 1. The van der Waals surface area contributed by atoms with Crippen LogP contribution in [0.4, 0.5) is 0 Å². The van der Waals surface area contributed by atoms with Crippen molar-refractivity contribution < 1.29 is 24.5 Å². The largest absolute Gasteiger partial charge is 0.466 e. The zero-order valence-corrected chi connectivity index (χ0v) is 63.5. The number of allylic oxidation sites excluding steroid dienone is 3. The average Bonchev–Trinajstić information content (AvgIpc) is 3.76. The molecular formula is C87H169NO5. The average molecular weight is 1310 g/mol. The monoisotopic (exact) mass is 1310 g/mol.